The van der Waals surface area contributed by atoms with Crippen molar-refractivity contribution in [2.45, 2.75) is 25.6 Å². The number of amides is 4. The lowest BCUT2D eigenvalue weighted by atomic mass is 9.88. The van der Waals surface area contributed by atoms with Gasteiger partial charge in [-0.25, -0.2) is 4.79 Å². The number of nitrogens with one attached hydrogen (secondary N) is 2. The molecule has 29 heavy (non-hydrogen) atoms. The second kappa shape index (κ2) is 7.23. The zero-order valence-corrected chi connectivity index (χ0v) is 15.6. The van der Waals surface area contributed by atoms with Gasteiger partial charge in [0.15, 0.2) is 0 Å². The smallest absolute Gasteiger partial charge is 0.324 e. The van der Waals surface area contributed by atoms with Crippen LogP contribution in [-0.4, -0.2) is 29.3 Å². The third-order valence-electron chi connectivity index (χ3n) is 4.77. The van der Waals surface area contributed by atoms with Crippen LogP contribution in [0.25, 0.3) is 0 Å². The van der Waals surface area contributed by atoms with Gasteiger partial charge >= 0.3 is 12.2 Å². The van der Waals surface area contributed by atoms with Gasteiger partial charge in [-0.05, 0) is 37.1 Å². The molecule has 0 radical (unpaired) electrons. The molecule has 9 heteroatoms. The number of alkyl halides is 3. The van der Waals surface area contributed by atoms with Crippen molar-refractivity contribution >= 4 is 23.5 Å². The van der Waals surface area contributed by atoms with Gasteiger partial charge < -0.3 is 10.6 Å². The van der Waals surface area contributed by atoms with Crippen molar-refractivity contribution < 1.29 is 27.6 Å². The number of anilines is 1. The summed E-state index contributed by atoms with van der Waals surface area (Å²) >= 11 is 0. The number of carbonyl (C=O) groups excluding carboxylic acids is 3. The highest BCUT2D eigenvalue weighted by molar-refractivity contribution is 6.10. The molecule has 1 saturated heterocycles. The zero-order valence-electron chi connectivity index (χ0n) is 15.6. The third-order valence-corrected chi connectivity index (χ3v) is 4.77. The number of halogens is 3. The molecule has 1 aliphatic heterocycles. The van der Waals surface area contributed by atoms with Gasteiger partial charge in [0.1, 0.15) is 12.1 Å². The van der Waals surface area contributed by atoms with E-state index in [1.807, 2.05) is 0 Å². The van der Waals surface area contributed by atoms with Gasteiger partial charge in [-0.15, -0.1) is 0 Å². The molecule has 2 aromatic rings. The Hall–Kier alpha value is -3.36. The number of para-hydroxylation sites is 1. The van der Waals surface area contributed by atoms with Crippen LogP contribution in [0.15, 0.2) is 48.5 Å². The highest BCUT2D eigenvalue weighted by Crippen LogP contribution is 2.35. The van der Waals surface area contributed by atoms with E-state index in [2.05, 4.69) is 10.6 Å². The van der Waals surface area contributed by atoms with Crippen molar-refractivity contribution in [3.63, 3.8) is 0 Å². The number of hydrogen-bond acceptors (Lipinski definition) is 3. The SMILES string of the molecule is Cc1ccccc1C1(C)NC(=O)N(CC(=O)Nc2ccccc2C(F)(F)F)C1=O. The molecular weight excluding hydrogens is 387 g/mol. The van der Waals surface area contributed by atoms with Gasteiger partial charge in [-0.2, -0.15) is 13.2 Å². The molecule has 1 unspecified atom stereocenters. The Morgan fingerprint density at radius 2 is 1.72 bits per heavy atom. The number of imide groups is 1. The quantitative estimate of drug-likeness (QED) is 0.766. The predicted octanol–water partition coefficient (Wildman–Crippen LogP) is 3.42. The fraction of sp³-hybridized carbons (Fsp3) is 0.250. The Bertz CT molecular complexity index is 990. The summed E-state index contributed by atoms with van der Waals surface area (Å²) in [6.45, 7) is 2.59. The molecule has 1 fully saturated rings. The van der Waals surface area contributed by atoms with Crippen LogP contribution in [0.5, 0.6) is 0 Å². The molecule has 0 aromatic heterocycles. The van der Waals surface area contributed by atoms with Crippen LogP contribution in [0.2, 0.25) is 0 Å². The number of aryl methyl sites for hydroxylation is 1. The number of carbonyl (C=O) groups is 3. The Balaban J connectivity index is 1.80. The van der Waals surface area contributed by atoms with Crippen molar-refractivity contribution in [3.8, 4) is 0 Å². The van der Waals surface area contributed by atoms with E-state index in [0.29, 0.717) is 10.5 Å². The average molecular weight is 405 g/mol. The van der Waals surface area contributed by atoms with Crippen molar-refractivity contribution in [1.82, 2.24) is 10.2 Å². The Morgan fingerprint density at radius 3 is 2.38 bits per heavy atom. The van der Waals surface area contributed by atoms with Crippen molar-refractivity contribution in [3.05, 3.63) is 65.2 Å². The van der Waals surface area contributed by atoms with Gasteiger partial charge in [0.25, 0.3) is 5.91 Å². The molecule has 1 atom stereocenters. The summed E-state index contributed by atoms with van der Waals surface area (Å²) in [6, 6.07) is 10.7. The van der Waals surface area contributed by atoms with Gasteiger partial charge in [0.05, 0.1) is 11.3 Å². The van der Waals surface area contributed by atoms with Crippen molar-refractivity contribution in [2.75, 3.05) is 11.9 Å². The van der Waals surface area contributed by atoms with E-state index >= 15 is 0 Å². The minimum Gasteiger partial charge on any atom is -0.324 e. The molecular formula is C20H18F3N3O3. The van der Waals surface area contributed by atoms with E-state index in [-0.39, 0.29) is 0 Å². The normalized spacial score (nSPS) is 19.3. The first kappa shape index (κ1) is 20.4. The van der Waals surface area contributed by atoms with Crippen LogP contribution in [0.1, 0.15) is 23.6 Å². The van der Waals surface area contributed by atoms with E-state index in [9.17, 15) is 27.6 Å². The topological polar surface area (TPSA) is 78.5 Å². The standard InChI is InChI=1S/C20H18F3N3O3/c1-12-7-3-4-8-13(12)19(2)17(28)26(18(29)25-19)11-16(27)24-15-10-6-5-9-14(15)20(21,22)23/h3-10H,11H2,1-2H3,(H,24,27)(H,25,29). The first-order valence-electron chi connectivity index (χ1n) is 8.70. The largest absolute Gasteiger partial charge is 0.418 e. The van der Waals surface area contributed by atoms with Crippen LogP contribution >= 0.6 is 0 Å². The number of hydrogen-bond donors (Lipinski definition) is 2. The second-order valence-corrected chi connectivity index (χ2v) is 6.85. The molecule has 0 saturated carbocycles. The van der Waals surface area contributed by atoms with Gasteiger partial charge in [0, 0.05) is 0 Å². The van der Waals surface area contributed by atoms with E-state index in [4.69, 9.17) is 0 Å². The van der Waals surface area contributed by atoms with Crippen LogP contribution in [0.4, 0.5) is 23.7 Å². The number of urea groups is 1. The Morgan fingerprint density at radius 1 is 1.10 bits per heavy atom. The van der Waals surface area contributed by atoms with Gasteiger partial charge in [0.2, 0.25) is 5.91 Å². The second-order valence-electron chi connectivity index (χ2n) is 6.85. The van der Waals surface area contributed by atoms with Gasteiger partial charge in [-0.3, -0.25) is 14.5 Å². The van der Waals surface area contributed by atoms with Crippen LogP contribution in [0.3, 0.4) is 0 Å². The molecule has 2 N–H and O–H groups in total. The lowest BCUT2D eigenvalue weighted by Gasteiger charge is -2.24. The molecule has 0 spiro atoms. The maximum Gasteiger partial charge on any atom is 0.418 e. The fourth-order valence-electron chi connectivity index (χ4n) is 3.33. The monoisotopic (exact) mass is 405 g/mol. The van der Waals surface area contributed by atoms with Crippen LogP contribution in [-0.2, 0) is 21.3 Å². The molecule has 152 valence electrons. The van der Waals surface area contributed by atoms with E-state index in [1.165, 1.54) is 19.1 Å². The summed E-state index contributed by atoms with van der Waals surface area (Å²) < 4.78 is 39.2. The summed E-state index contributed by atoms with van der Waals surface area (Å²) in [5.41, 5.74) is -1.49. The molecule has 0 aliphatic carbocycles. The number of benzene rings is 2. The maximum atomic E-state index is 13.1. The molecule has 4 amide bonds. The van der Waals surface area contributed by atoms with E-state index < -0.39 is 47.4 Å². The predicted molar refractivity (Wildman–Crippen MR) is 98.8 cm³/mol. The maximum absolute atomic E-state index is 13.1. The summed E-state index contributed by atoms with van der Waals surface area (Å²) in [5.74, 6) is -1.57. The molecule has 3 rings (SSSR count). The Labute approximate surface area is 164 Å². The van der Waals surface area contributed by atoms with E-state index in [1.54, 1.807) is 31.2 Å². The van der Waals surface area contributed by atoms with Crippen molar-refractivity contribution in [1.29, 1.82) is 0 Å². The minimum atomic E-state index is -4.66. The summed E-state index contributed by atoms with van der Waals surface area (Å²) in [6.07, 6.45) is -4.66. The zero-order chi connectivity index (χ0) is 21.4. The molecule has 1 aliphatic rings. The van der Waals surface area contributed by atoms with Gasteiger partial charge in [-0.1, -0.05) is 36.4 Å². The third kappa shape index (κ3) is 3.80. The molecule has 6 nitrogen and oxygen atoms in total. The lowest BCUT2D eigenvalue weighted by Crippen LogP contribution is -2.42. The summed E-state index contributed by atoms with van der Waals surface area (Å²) in [4.78, 5) is 38.2. The molecule has 1 heterocycles. The Kier molecular flexibility index (Phi) is 5.08. The lowest BCUT2D eigenvalue weighted by molar-refractivity contribution is -0.137. The number of nitrogens with zero attached hydrogens (tertiary/aromatic N) is 1. The molecule has 2 aromatic carbocycles. The van der Waals surface area contributed by atoms with Crippen molar-refractivity contribution in [2.24, 2.45) is 0 Å². The first-order valence-corrected chi connectivity index (χ1v) is 8.70. The number of rotatable bonds is 4. The van der Waals surface area contributed by atoms with Crippen LogP contribution < -0.4 is 10.6 Å². The summed E-state index contributed by atoms with van der Waals surface area (Å²) in [5, 5.41) is 4.70. The highest BCUT2D eigenvalue weighted by Gasteiger charge is 2.50. The summed E-state index contributed by atoms with van der Waals surface area (Å²) in [7, 11) is 0. The fourth-order valence-corrected chi connectivity index (χ4v) is 3.33. The molecule has 0 bridgehead atoms. The highest BCUT2D eigenvalue weighted by atomic mass is 19.4. The van der Waals surface area contributed by atoms with E-state index in [0.717, 1.165) is 17.7 Å². The average Bonchev–Trinajstić information content (AvgIpc) is 2.85. The van der Waals surface area contributed by atoms with Crippen LogP contribution in [0, 0.1) is 6.92 Å². The minimum absolute atomic E-state index is 0.446. The first-order chi connectivity index (χ1) is 13.5.